The molecule has 4 aromatic rings. The van der Waals surface area contributed by atoms with Gasteiger partial charge in [0.05, 0.1) is 28.8 Å². The minimum absolute atomic E-state index is 0.168. The second-order valence-electron chi connectivity index (χ2n) is 8.24. The van der Waals surface area contributed by atoms with Gasteiger partial charge in [0.1, 0.15) is 5.69 Å². The molecule has 7 nitrogen and oxygen atoms in total. The van der Waals surface area contributed by atoms with Crippen molar-refractivity contribution in [3.8, 4) is 0 Å². The summed E-state index contributed by atoms with van der Waals surface area (Å²) in [6.45, 7) is 4.56. The number of hydrogen-bond donors (Lipinski definition) is 0. The van der Waals surface area contributed by atoms with E-state index in [1.54, 1.807) is 36.8 Å². The van der Waals surface area contributed by atoms with Gasteiger partial charge in [0, 0.05) is 38.8 Å². The standard InChI is InChI=1S/C24H27N5O2/c1-16(2)28-19-12-7-6-11-18(19)22-20(28)14-21(29(22)24(31)26(3)4)23(30)27(5)15-17-10-8-9-13-25-17/h6-14,16H,15H2,1-5H3. The largest absolute Gasteiger partial charge is 0.337 e. The Morgan fingerprint density at radius 1 is 1.00 bits per heavy atom. The summed E-state index contributed by atoms with van der Waals surface area (Å²) in [5.74, 6) is -0.226. The van der Waals surface area contributed by atoms with Crippen LogP contribution in [-0.4, -0.2) is 57.0 Å². The summed E-state index contributed by atoms with van der Waals surface area (Å²) in [6.07, 6.45) is 1.71. The molecule has 3 aromatic heterocycles. The van der Waals surface area contributed by atoms with E-state index in [0.717, 1.165) is 27.6 Å². The van der Waals surface area contributed by atoms with Gasteiger partial charge in [0.15, 0.2) is 0 Å². The van der Waals surface area contributed by atoms with Crippen LogP contribution >= 0.6 is 0 Å². The molecule has 0 spiro atoms. The highest BCUT2D eigenvalue weighted by molar-refractivity contribution is 6.14. The number of carbonyl (C=O) groups is 2. The first-order valence-electron chi connectivity index (χ1n) is 10.3. The normalized spacial score (nSPS) is 11.4. The summed E-state index contributed by atoms with van der Waals surface area (Å²) in [4.78, 5) is 34.1. The zero-order valence-electron chi connectivity index (χ0n) is 18.5. The van der Waals surface area contributed by atoms with Crippen LogP contribution in [0, 0.1) is 0 Å². The molecule has 0 fully saturated rings. The number of aromatic nitrogens is 3. The second kappa shape index (κ2) is 7.91. The number of hydrogen-bond acceptors (Lipinski definition) is 3. The smallest absolute Gasteiger partial charge is 0.328 e. The van der Waals surface area contributed by atoms with Crippen molar-refractivity contribution in [2.45, 2.75) is 26.4 Å². The summed E-state index contributed by atoms with van der Waals surface area (Å²) < 4.78 is 3.73. The fourth-order valence-electron chi connectivity index (χ4n) is 4.07. The van der Waals surface area contributed by atoms with Crippen LogP contribution in [0.5, 0.6) is 0 Å². The molecular weight excluding hydrogens is 390 g/mol. The van der Waals surface area contributed by atoms with Gasteiger partial charge in [0.2, 0.25) is 0 Å². The van der Waals surface area contributed by atoms with Crippen LogP contribution < -0.4 is 0 Å². The number of amides is 2. The van der Waals surface area contributed by atoms with Crippen molar-refractivity contribution in [2.24, 2.45) is 0 Å². The predicted octanol–water partition coefficient (Wildman–Crippen LogP) is 4.37. The van der Waals surface area contributed by atoms with Crippen molar-refractivity contribution in [3.05, 3.63) is 66.1 Å². The lowest BCUT2D eigenvalue weighted by atomic mass is 10.2. The van der Waals surface area contributed by atoms with Gasteiger partial charge in [-0.25, -0.2) is 4.79 Å². The molecule has 7 heteroatoms. The minimum Gasteiger partial charge on any atom is -0.337 e. The molecule has 31 heavy (non-hydrogen) atoms. The highest BCUT2D eigenvalue weighted by Crippen LogP contribution is 2.34. The molecule has 0 aliphatic heterocycles. The maximum atomic E-state index is 13.5. The fraction of sp³-hybridized carbons (Fsp3) is 0.292. The average Bonchev–Trinajstić information content (AvgIpc) is 3.27. The molecule has 3 heterocycles. The summed E-state index contributed by atoms with van der Waals surface area (Å²) in [7, 11) is 5.12. The number of carbonyl (C=O) groups excluding carboxylic acids is 2. The van der Waals surface area contributed by atoms with Crippen LogP contribution in [0.1, 0.15) is 36.1 Å². The van der Waals surface area contributed by atoms with Crippen LogP contribution in [0.3, 0.4) is 0 Å². The summed E-state index contributed by atoms with van der Waals surface area (Å²) in [5.41, 5.74) is 3.82. The van der Waals surface area contributed by atoms with E-state index in [9.17, 15) is 9.59 Å². The van der Waals surface area contributed by atoms with Crippen molar-refractivity contribution in [3.63, 3.8) is 0 Å². The van der Waals surface area contributed by atoms with E-state index in [0.29, 0.717) is 12.2 Å². The number of benzene rings is 1. The number of fused-ring (bicyclic) bond motifs is 3. The fourth-order valence-corrected chi connectivity index (χ4v) is 4.07. The first-order valence-corrected chi connectivity index (χ1v) is 10.3. The predicted molar refractivity (Wildman–Crippen MR) is 122 cm³/mol. The maximum absolute atomic E-state index is 13.5. The van der Waals surface area contributed by atoms with E-state index in [4.69, 9.17) is 0 Å². The number of pyridine rings is 1. The molecule has 0 saturated carbocycles. The van der Waals surface area contributed by atoms with Crippen LogP contribution in [0.15, 0.2) is 54.7 Å². The molecule has 1 aromatic carbocycles. The zero-order valence-corrected chi connectivity index (χ0v) is 18.5. The van der Waals surface area contributed by atoms with Gasteiger partial charge in [-0.1, -0.05) is 24.3 Å². The molecule has 0 atom stereocenters. The van der Waals surface area contributed by atoms with E-state index >= 15 is 0 Å². The van der Waals surface area contributed by atoms with E-state index in [-0.39, 0.29) is 18.0 Å². The lowest BCUT2D eigenvalue weighted by molar-refractivity contribution is 0.0774. The SMILES string of the molecule is CC(C)n1c2ccccc2c2c1cc(C(=O)N(C)Cc1ccccn1)n2C(=O)N(C)C. The molecule has 0 aliphatic carbocycles. The molecule has 160 valence electrons. The third-order valence-electron chi connectivity index (χ3n) is 5.44. The van der Waals surface area contributed by atoms with Gasteiger partial charge in [-0.15, -0.1) is 0 Å². The van der Waals surface area contributed by atoms with Crippen molar-refractivity contribution < 1.29 is 9.59 Å². The second-order valence-corrected chi connectivity index (χ2v) is 8.24. The Balaban J connectivity index is 1.92. The van der Waals surface area contributed by atoms with Gasteiger partial charge >= 0.3 is 6.03 Å². The third-order valence-corrected chi connectivity index (χ3v) is 5.44. The van der Waals surface area contributed by atoms with Gasteiger partial charge in [-0.2, -0.15) is 0 Å². The number of rotatable bonds is 4. The molecule has 0 radical (unpaired) electrons. The lowest BCUT2D eigenvalue weighted by Gasteiger charge is -2.19. The Labute approximate surface area is 181 Å². The molecule has 0 aliphatic rings. The lowest BCUT2D eigenvalue weighted by Crippen LogP contribution is -2.34. The van der Waals surface area contributed by atoms with Crippen molar-refractivity contribution in [2.75, 3.05) is 21.1 Å². The molecular formula is C24H27N5O2. The van der Waals surface area contributed by atoms with Gasteiger partial charge in [-0.3, -0.25) is 14.3 Å². The van der Waals surface area contributed by atoms with Crippen molar-refractivity contribution in [1.29, 1.82) is 0 Å². The molecule has 0 N–H and O–H groups in total. The average molecular weight is 418 g/mol. The monoisotopic (exact) mass is 417 g/mol. The Morgan fingerprint density at radius 3 is 2.35 bits per heavy atom. The maximum Gasteiger partial charge on any atom is 0.328 e. The van der Waals surface area contributed by atoms with Gasteiger partial charge < -0.3 is 14.4 Å². The summed E-state index contributed by atoms with van der Waals surface area (Å²) in [6, 6.07) is 15.4. The number of para-hydroxylation sites is 1. The number of nitrogens with zero attached hydrogens (tertiary/aromatic N) is 5. The van der Waals surface area contributed by atoms with Gasteiger partial charge in [-0.05, 0) is 38.1 Å². The molecule has 4 rings (SSSR count). The summed E-state index contributed by atoms with van der Waals surface area (Å²) in [5, 5.41) is 0.952. The van der Waals surface area contributed by atoms with E-state index in [1.807, 2.05) is 42.5 Å². The van der Waals surface area contributed by atoms with E-state index in [2.05, 4.69) is 29.5 Å². The molecule has 0 bridgehead atoms. The molecule has 2 amide bonds. The van der Waals surface area contributed by atoms with E-state index < -0.39 is 0 Å². The van der Waals surface area contributed by atoms with Crippen LogP contribution in [0.2, 0.25) is 0 Å². The Bertz CT molecular complexity index is 1270. The van der Waals surface area contributed by atoms with Crippen LogP contribution in [0.4, 0.5) is 4.79 Å². The van der Waals surface area contributed by atoms with Crippen molar-refractivity contribution in [1.82, 2.24) is 23.9 Å². The topological polar surface area (TPSA) is 63.4 Å². The highest BCUT2D eigenvalue weighted by atomic mass is 16.2. The third kappa shape index (κ3) is 3.46. The Hall–Kier alpha value is -3.61. The van der Waals surface area contributed by atoms with Crippen LogP contribution in [-0.2, 0) is 6.54 Å². The molecule has 0 saturated heterocycles. The van der Waals surface area contributed by atoms with Gasteiger partial charge in [0.25, 0.3) is 5.91 Å². The summed E-state index contributed by atoms with van der Waals surface area (Å²) >= 11 is 0. The Morgan fingerprint density at radius 2 is 1.71 bits per heavy atom. The van der Waals surface area contributed by atoms with Crippen molar-refractivity contribution >= 4 is 33.9 Å². The first kappa shape index (κ1) is 20.7. The minimum atomic E-state index is -0.253. The van der Waals surface area contributed by atoms with E-state index in [1.165, 1.54) is 4.90 Å². The zero-order chi connectivity index (χ0) is 22.3. The quantitative estimate of drug-likeness (QED) is 0.495. The molecule has 0 unspecified atom stereocenters. The van der Waals surface area contributed by atoms with Crippen LogP contribution in [0.25, 0.3) is 21.9 Å². The first-order chi connectivity index (χ1) is 14.8. The highest BCUT2D eigenvalue weighted by Gasteiger charge is 2.28. The Kier molecular flexibility index (Phi) is 5.27.